The number of ketones is 2. The molecule has 1 aromatic carbocycles. The predicted molar refractivity (Wildman–Crippen MR) is 92.3 cm³/mol. The van der Waals surface area contributed by atoms with Gasteiger partial charge in [0.25, 0.3) is 0 Å². The van der Waals surface area contributed by atoms with E-state index in [1.807, 2.05) is 0 Å². The van der Waals surface area contributed by atoms with E-state index < -0.39 is 29.0 Å². The summed E-state index contributed by atoms with van der Waals surface area (Å²) >= 11 is 0. The first kappa shape index (κ1) is 16.8. The number of fused-ring (bicyclic) bond motifs is 3. The number of rotatable bonds is 1. The minimum atomic E-state index is -1.04. The Morgan fingerprint density at radius 3 is 2.46 bits per heavy atom. The zero-order chi connectivity index (χ0) is 18.8. The standard InChI is InChI=1S/C20H20O6/c1-20(25)7-6-9-11(8-20)18(23)14-15(16(9)21)19(24)13-10(17(14)22)4-3-5-12(13)26-2/h3-5,10,13,21,23,25H,6-8H2,1-2H3. The Morgan fingerprint density at radius 2 is 1.77 bits per heavy atom. The Bertz CT molecular complexity index is 906. The fraction of sp³-hybridized carbons (Fsp3) is 0.400. The highest BCUT2D eigenvalue weighted by Crippen LogP contribution is 2.49. The maximum atomic E-state index is 13.1. The molecule has 0 radical (unpaired) electrons. The molecule has 0 saturated heterocycles. The molecule has 26 heavy (non-hydrogen) atoms. The van der Waals surface area contributed by atoms with E-state index in [1.54, 1.807) is 25.2 Å². The SMILES string of the molecule is COC1=CC=CC2C(=O)c3c(O)c4c(c(O)c3C(=O)C12)CCC(C)(O)C4. The summed E-state index contributed by atoms with van der Waals surface area (Å²) in [6.45, 7) is 1.65. The molecular formula is C20H20O6. The molecule has 3 N–H and O–H groups in total. The van der Waals surface area contributed by atoms with Gasteiger partial charge < -0.3 is 20.1 Å². The van der Waals surface area contributed by atoms with Crippen molar-refractivity contribution in [2.45, 2.75) is 31.8 Å². The first-order chi connectivity index (χ1) is 12.3. The van der Waals surface area contributed by atoms with Crippen LogP contribution in [0.4, 0.5) is 0 Å². The van der Waals surface area contributed by atoms with E-state index in [1.165, 1.54) is 7.11 Å². The summed E-state index contributed by atoms with van der Waals surface area (Å²) in [5, 5.41) is 31.9. The van der Waals surface area contributed by atoms with Crippen LogP contribution >= 0.6 is 0 Å². The second-order valence-corrected chi connectivity index (χ2v) is 7.47. The van der Waals surface area contributed by atoms with Crippen molar-refractivity contribution < 1.29 is 29.6 Å². The summed E-state index contributed by atoms with van der Waals surface area (Å²) in [5.74, 6) is -2.67. The lowest BCUT2D eigenvalue weighted by molar-refractivity contribution is 0.0445. The molecule has 6 heteroatoms. The molecule has 136 valence electrons. The van der Waals surface area contributed by atoms with Gasteiger partial charge in [0.1, 0.15) is 17.3 Å². The lowest BCUT2D eigenvalue weighted by atomic mass is 9.68. The molecule has 3 aliphatic rings. The number of hydrogen-bond donors (Lipinski definition) is 3. The number of methoxy groups -OCH3 is 1. The van der Waals surface area contributed by atoms with Crippen molar-refractivity contribution in [3.8, 4) is 11.5 Å². The quantitative estimate of drug-likeness (QED) is 0.665. The minimum absolute atomic E-state index is 0.115. The van der Waals surface area contributed by atoms with E-state index in [2.05, 4.69) is 0 Å². The highest BCUT2D eigenvalue weighted by molar-refractivity contribution is 6.20. The Morgan fingerprint density at radius 1 is 1.12 bits per heavy atom. The number of Topliss-reactive ketones (excluding diaryl/α,β-unsaturated/α-hetero) is 2. The molecule has 0 aromatic heterocycles. The number of phenolic OH excluding ortho intramolecular Hbond substituents is 2. The highest BCUT2D eigenvalue weighted by atomic mass is 16.5. The van der Waals surface area contributed by atoms with Crippen LogP contribution in [0.5, 0.6) is 11.5 Å². The van der Waals surface area contributed by atoms with Gasteiger partial charge in [-0.05, 0) is 25.8 Å². The van der Waals surface area contributed by atoms with Crippen molar-refractivity contribution in [1.29, 1.82) is 0 Å². The van der Waals surface area contributed by atoms with Gasteiger partial charge in [-0.15, -0.1) is 0 Å². The predicted octanol–water partition coefficient (Wildman–Crippen LogP) is 2.05. The maximum Gasteiger partial charge on any atom is 0.179 e. The lowest BCUT2D eigenvalue weighted by Gasteiger charge is -2.36. The highest BCUT2D eigenvalue weighted by Gasteiger charge is 2.48. The molecule has 0 aliphatic heterocycles. The third-order valence-electron chi connectivity index (χ3n) is 5.69. The molecule has 0 heterocycles. The van der Waals surface area contributed by atoms with Crippen LogP contribution < -0.4 is 0 Å². The van der Waals surface area contributed by atoms with Gasteiger partial charge in [0.05, 0.1) is 35.7 Å². The fourth-order valence-corrected chi connectivity index (χ4v) is 4.34. The van der Waals surface area contributed by atoms with Crippen LogP contribution in [-0.4, -0.2) is 39.6 Å². The molecule has 3 atom stereocenters. The van der Waals surface area contributed by atoms with E-state index in [0.29, 0.717) is 29.7 Å². The lowest BCUT2D eigenvalue weighted by Crippen LogP contribution is -2.39. The smallest absolute Gasteiger partial charge is 0.179 e. The molecule has 3 aliphatic carbocycles. The van der Waals surface area contributed by atoms with Crippen molar-refractivity contribution in [3.05, 3.63) is 46.2 Å². The maximum absolute atomic E-state index is 13.1. The van der Waals surface area contributed by atoms with Crippen LogP contribution in [0.3, 0.4) is 0 Å². The molecule has 3 unspecified atom stereocenters. The van der Waals surface area contributed by atoms with Crippen molar-refractivity contribution in [3.63, 3.8) is 0 Å². The molecule has 0 saturated carbocycles. The first-order valence-corrected chi connectivity index (χ1v) is 8.59. The second-order valence-electron chi connectivity index (χ2n) is 7.47. The Balaban J connectivity index is 1.97. The van der Waals surface area contributed by atoms with Crippen molar-refractivity contribution >= 4 is 11.6 Å². The number of phenols is 2. The molecular weight excluding hydrogens is 336 g/mol. The molecule has 0 spiro atoms. The summed E-state index contributed by atoms with van der Waals surface area (Å²) in [6.07, 6.45) is 5.72. The van der Waals surface area contributed by atoms with Gasteiger partial charge in [0.2, 0.25) is 0 Å². The summed E-state index contributed by atoms with van der Waals surface area (Å²) in [5.41, 5.74) is -0.535. The summed E-state index contributed by atoms with van der Waals surface area (Å²) < 4.78 is 5.26. The van der Waals surface area contributed by atoms with Crippen LogP contribution in [0.1, 0.15) is 45.2 Å². The first-order valence-electron chi connectivity index (χ1n) is 8.59. The molecule has 4 rings (SSSR count). The second kappa shape index (κ2) is 5.45. The van der Waals surface area contributed by atoms with Crippen molar-refractivity contribution in [2.75, 3.05) is 7.11 Å². The third kappa shape index (κ3) is 2.15. The Hall–Kier alpha value is -2.60. The average molecular weight is 356 g/mol. The van der Waals surface area contributed by atoms with Gasteiger partial charge in [-0.1, -0.05) is 12.2 Å². The summed E-state index contributed by atoms with van der Waals surface area (Å²) in [4.78, 5) is 26.2. The van der Waals surface area contributed by atoms with E-state index in [-0.39, 0.29) is 29.0 Å². The molecule has 0 fully saturated rings. The van der Waals surface area contributed by atoms with Gasteiger partial charge in [-0.2, -0.15) is 0 Å². The van der Waals surface area contributed by atoms with E-state index >= 15 is 0 Å². The van der Waals surface area contributed by atoms with E-state index in [0.717, 1.165) is 0 Å². The van der Waals surface area contributed by atoms with Gasteiger partial charge in [0, 0.05) is 17.5 Å². The van der Waals surface area contributed by atoms with Crippen LogP contribution in [0.25, 0.3) is 0 Å². The number of allylic oxidation sites excluding steroid dienone is 4. The third-order valence-corrected chi connectivity index (χ3v) is 5.69. The van der Waals surface area contributed by atoms with Gasteiger partial charge in [0.15, 0.2) is 11.6 Å². The summed E-state index contributed by atoms with van der Waals surface area (Å²) in [7, 11) is 1.43. The van der Waals surface area contributed by atoms with E-state index in [4.69, 9.17) is 4.74 Å². The average Bonchev–Trinajstić information content (AvgIpc) is 2.61. The molecule has 1 aromatic rings. The topological polar surface area (TPSA) is 104 Å². The zero-order valence-corrected chi connectivity index (χ0v) is 14.6. The van der Waals surface area contributed by atoms with E-state index in [9.17, 15) is 24.9 Å². The normalized spacial score (nSPS) is 29.6. The molecule has 6 nitrogen and oxygen atoms in total. The largest absolute Gasteiger partial charge is 0.507 e. The fourth-order valence-electron chi connectivity index (χ4n) is 4.34. The number of carbonyl (C=O) groups is 2. The van der Waals surface area contributed by atoms with Gasteiger partial charge in [-0.25, -0.2) is 0 Å². The number of benzene rings is 1. The monoisotopic (exact) mass is 356 g/mol. The van der Waals surface area contributed by atoms with Crippen molar-refractivity contribution in [1.82, 2.24) is 0 Å². The molecule has 0 bridgehead atoms. The van der Waals surface area contributed by atoms with Crippen LogP contribution in [0.15, 0.2) is 24.0 Å². The van der Waals surface area contributed by atoms with Crippen LogP contribution in [0.2, 0.25) is 0 Å². The minimum Gasteiger partial charge on any atom is -0.507 e. The number of aliphatic hydroxyl groups is 1. The molecule has 0 amide bonds. The number of carbonyl (C=O) groups excluding carboxylic acids is 2. The van der Waals surface area contributed by atoms with Crippen LogP contribution in [-0.2, 0) is 17.6 Å². The number of hydrogen-bond acceptors (Lipinski definition) is 6. The zero-order valence-electron chi connectivity index (χ0n) is 14.6. The van der Waals surface area contributed by atoms with Gasteiger partial charge in [-0.3, -0.25) is 9.59 Å². The van der Waals surface area contributed by atoms with Crippen LogP contribution in [0, 0.1) is 11.8 Å². The van der Waals surface area contributed by atoms with Gasteiger partial charge >= 0.3 is 0 Å². The Labute approximate surface area is 150 Å². The Kier molecular flexibility index (Phi) is 3.53. The summed E-state index contributed by atoms with van der Waals surface area (Å²) in [6, 6.07) is 0. The number of ether oxygens (including phenoxy) is 1. The van der Waals surface area contributed by atoms with Crippen molar-refractivity contribution in [2.24, 2.45) is 11.8 Å². The number of aromatic hydroxyl groups is 2.